The van der Waals surface area contributed by atoms with Gasteiger partial charge in [-0.05, 0) is 41.8 Å². The van der Waals surface area contributed by atoms with Gasteiger partial charge in [-0.1, -0.05) is 41.0 Å². The van der Waals surface area contributed by atoms with Crippen molar-refractivity contribution in [3.8, 4) is 0 Å². The molecule has 0 aliphatic heterocycles. The summed E-state index contributed by atoms with van der Waals surface area (Å²) in [6.45, 7) is 0. The van der Waals surface area contributed by atoms with Gasteiger partial charge in [-0.3, -0.25) is 9.59 Å². The summed E-state index contributed by atoms with van der Waals surface area (Å²) in [5, 5.41) is 16.6. The number of nitrogens with zero attached hydrogens (tertiary/aromatic N) is 2. The van der Waals surface area contributed by atoms with Gasteiger partial charge in [-0.2, -0.15) is 0 Å². The number of nitrogens with one attached hydrogen (secondary N) is 2. The predicted octanol–water partition coefficient (Wildman–Crippen LogP) is 4.83. The number of carbonyl (C=O) groups excluding carboxylic acids is 2. The smallest absolute Gasteiger partial charge is 0.266 e. The Morgan fingerprint density at radius 1 is 1.04 bits per heavy atom. The summed E-state index contributed by atoms with van der Waals surface area (Å²) >= 11 is 14.4. The van der Waals surface area contributed by atoms with Gasteiger partial charge >= 0.3 is 0 Å². The van der Waals surface area contributed by atoms with E-state index in [4.69, 9.17) is 23.2 Å². The lowest BCUT2D eigenvalue weighted by molar-refractivity contribution is -0.113. The van der Waals surface area contributed by atoms with E-state index in [0.717, 1.165) is 0 Å². The number of anilines is 2. The molecule has 0 saturated heterocycles. The topological polar surface area (TPSA) is 84.0 Å². The number of amides is 2. The molecule has 2 aromatic heterocycles. The molecule has 0 bridgehead atoms. The second-order valence-electron chi connectivity index (χ2n) is 5.18. The van der Waals surface area contributed by atoms with Crippen LogP contribution in [0.1, 0.15) is 9.67 Å². The number of carbonyl (C=O) groups is 2. The number of hydrogen-bond acceptors (Lipinski definition) is 6. The first-order valence-corrected chi connectivity index (χ1v) is 10.2. The highest BCUT2D eigenvalue weighted by Gasteiger charge is 2.09. The van der Waals surface area contributed by atoms with Gasteiger partial charge in [0, 0.05) is 15.7 Å². The standard InChI is InChI=1S/C17H12Cl2N4O2S2/c18-10-6-11(19)8-12(7-10)20-15(24)9-27-16-4-3-14(22-23-16)21-17(25)13-2-1-5-26-13/h1-8H,9H2,(H,20,24)(H,21,22,25). The van der Waals surface area contributed by atoms with Crippen molar-refractivity contribution in [2.75, 3.05) is 16.4 Å². The molecule has 2 heterocycles. The van der Waals surface area contributed by atoms with Crippen LogP contribution in [0.15, 0.2) is 52.9 Å². The number of thioether (sulfide) groups is 1. The molecule has 3 rings (SSSR count). The monoisotopic (exact) mass is 438 g/mol. The molecule has 0 spiro atoms. The Morgan fingerprint density at radius 3 is 2.44 bits per heavy atom. The first-order valence-electron chi connectivity index (χ1n) is 7.57. The fourth-order valence-electron chi connectivity index (χ4n) is 2.01. The van der Waals surface area contributed by atoms with Crippen LogP contribution in [0.3, 0.4) is 0 Å². The lowest BCUT2D eigenvalue weighted by Crippen LogP contribution is -2.14. The number of hydrogen-bond donors (Lipinski definition) is 2. The maximum absolute atomic E-state index is 12.0. The first-order chi connectivity index (χ1) is 13.0. The molecule has 0 radical (unpaired) electrons. The predicted molar refractivity (Wildman–Crippen MR) is 110 cm³/mol. The average molecular weight is 439 g/mol. The van der Waals surface area contributed by atoms with Crippen LogP contribution >= 0.6 is 46.3 Å². The number of thiophene rings is 1. The van der Waals surface area contributed by atoms with E-state index >= 15 is 0 Å². The largest absolute Gasteiger partial charge is 0.325 e. The maximum Gasteiger partial charge on any atom is 0.266 e. The molecule has 0 unspecified atom stereocenters. The maximum atomic E-state index is 12.0. The number of halogens is 2. The second-order valence-corrected chi connectivity index (χ2v) is 8.00. The third kappa shape index (κ3) is 5.93. The summed E-state index contributed by atoms with van der Waals surface area (Å²) in [5.74, 6) is 0.0185. The first kappa shape index (κ1) is 19.6. The molecule has 27 heavy (non-hydrogen) atoms. The molecular formula is C17H12Cl2N4O2S2. The highest BCUT2D eigenvalue weighted by atomic mass is 35.5. The van der Waals surface area contributed by atoms with E-state index in [2.05, 4.69) is 20.8 Å². The molecule has 138 valence electrons. The lowest BCUT2D eigenvalue weighted by atomic mass is 10.3. The lowest BCUT2D eigenvalue weighted by Gasteiger charge is -2.06. The van der Waals surface area contributed by atoms with E-state index in [1.54, 1.807) is 42.5 Å². The third-order valence-electron chi connectivity index (χ3n) is 3.12. The van der Waals surface area contributed by atoms with Gasteiger partial charge in [0.15, 0.2) is 5.82 Å². The molecule has 2 N–H and O–H groups in total. The van der Waals surface area contributed by atoms with Crippen LogP contribution in [0.5, 0.6) is 0 Å². The van der Waals surface area contributed by atoms with Crippen LogP contribution in [0.25, 0.3) is 0 Å². The quantitative estimate of drug-likeness (QED) is 0.538. The van der Waals surface area contributed by atoms with Gasteiger partial charge in [0.1, 0.15) is 5.03 Å². The minimum absolute atomic E-state index is 0.139. The third-order valence-corrected chi connectivity index (χ3v) is 5.35. The molecular weight excluding hydrogens is 427 g/mol. The van der Waals surface area contributed by atoms with Crippen molar-refractivity contribution in [2.45, 2.75) is 5.03 Å². The molecule has 0 fully saturated rings. The SMILES string of the molecule is O=C(CSc1ccc(NC(=O)c2cccs2)nn1)Nc1cc(Cl)cc(Cl)c1. The minimum Gasteiger partial charge on any atom is -0.325 e. The van der Waals surface area contributed by atoms with Crippen molar-refractivity contribution in [3.05, 3.63) is 62.8 Å². The van der Waals surface area contributed by atoms with Gasteiger partial charge in [-0.25, -0.2) is 0 Å². The van der Waals surface area contributed by atoms with E-state index in [-0.39, 0.29) is 17.6 Å². The molecule has 2 amide bonds. The molecule has 0 atom stereocenters. The molecule has 10 heteroatoms. The van der Waals surface area contributed by atoms with Gasteiger partial charge < -0.3 is 10.6 Å². The van der Waals surface area contributed by atoms with Crippen LogP contribution in [-0.2, 0) is 4.79 Å². The summed E-state index contributed by atoms with van der Waals surface area (Å²) < 4.78 is 0. The Balaban J connectivity index is 1.51. The molecule has 6 nitrogen and oxygen atoms in total. The van der Waals surface area contributed by atoms with E-state index in [1.807, 2.05) is 5.38 Å². The van der Waals surface area contributed by atoms with E-state index in [1.165, 1.54) is 23.1 Å². The van der Waals surface area contributed by atoms with Gasteiger partial charge in [0.05, 0.1) is 10.6 Å². The zero-order valence-electron chi connectivity index (χ0n) is 13.6. The van der Waals surface area contributed by atoms with Gasteiger partial charge in [-0.15, -0.1) is 21.5 Å². The van der Waals surface area contributed by atoms with E-state index in [9.17, 15) is 9.59 Å². The number of benzene rings is 1. The Bertz CT molecular complexity index is 930. The van der Waals surface area contributed by atoms with Crippen LogP contribution < -0.4 is 10.6 Å². The van der Waals surface area contributed by atoms with Crippen molar-refractivity contribution in [2.24, 2.45) is 0 Å². The van der Waals surface area contributed by atoms with E-state index < -0.39 is 0 Å². The Morgan fingerprint density at radius 2 is 1.81 bits per heavy atom. The van der Waals surface area contributed by atoms with E-state index in [0.29, 0.717) is 31.5 Å². The fourth-order valence-corrected chi connectivity index (χ4v) is 3.77. The van der Waals surface area contributed by atoms with Gasteiger partial charge in [0.2, 0.25) is 5.91 Å². The van der Waals surface area contributed by atoms with Crippen LogP contribution in [0.2, 0.25) is 10.0 Å². The van der Waals surface area contributed by atoms with Crippen molar-refractivity contribution in [1.29, 1.82) is 0 Å². The molecule has 1 aromatic carbocycles. The average Bonchev–Trinajstić information content (AvgIpc) is 3.15. The summed E-state index contributed by atoms with van der Waals surface area (Å²) in [4.78, 5) is 24.6. The summed E-state index contributed by atoms with van der Waals surface area (Å²) in [6.07, 6.45) is 0. The second kappa shape index (κ2) is 9.18. The van der Waals surface area contributed by atoms with Crippen LogP contribution in [0.4, 0.5) is 11.5 Å². The minimum atomic E-state index is -0.237. The Labute approximate surface area is 173 Å². The molecule has 0 aliphatic rings. The summed E-state index contributed by atoms with van der Waals surface area (Å²) in [5.41, 5.74) is 0.524. The Hall–Kier alpha value is -2.13. The highest BCUT2D eigenvalue weighted by Crippen LogP contribution is 2.23. The molecule has 0 saturated carbocycles. The zero-order valence-corrected chi connectivity index (χ0v) is 16.8. The summed E-state index contributed by atoms with van der Waals surface area (Å²) in [7, 11) is 0. The summed E-state index contributed by atoms with van der Waals surface area (Å²) in [6, 6.07) is 11.7. The number of aromatic nitrogens is 2. The normalized spacial score (nSPS) is 10.4. The highest BCUT2D eigenvalue weighted by molar-refractivity contribution is 7.99. The van der Waals surface area contributed by atoms with Crippen LogP contribution in [0, 0.1) is 0 Å². The van der Waals surface area contributed by atoms with Crippen molar-refractivity contribution in [3.63, 3.8) is 0 Å². The van der Waals surface area contributed by atoms with Crippen molar-refractivity contribution >= 4 is 69.6 Å². The van der Waals surface area contributed by atoms with Crippen molar-refractivity contribution < 1.29 is 9.59 Å². The van der Waals surface area contributed by atoms with Crippen molar-refractivity contribution in [1.82, 2.24) is 10.2 Å². The van der Waals surface area contributed by atoms with Crippen LogP contribution in [-0.4, -0.2) is 27.8 Å². The fraction of sp³-hybridized carbons (Fsp3) is 0.0588. The number of rotatable bonds is 6. The zero-order chi connectivity index (χ0) is 19.2. The molecule has 3 aromatic rings. The Kier molecular flexibility index (Phi) is 6.68. The molecule has 0 aliphatic carbocycles. The van der Waals surface area contributed by atoms with Gasteiger partial charge in [0.25, 0.3) is 5.91 Å².